The quantitative estimate of drug-likeness (QED) is 0.795. The standard InChI is InChI=1S/C17H21ClN6O2/c1-3-23-6-8-24(9-7-23)15-11-19-22-17(21-15)20-14-10-12(16(25)26-2)4-5-13(14)18/h4-5,10-11H,3,6-9H2,1-2H3,(H,20,21,22). The maximum absolute atomic E-state index is 11.7. The third-order valence-corrected chi connectivity index (χ3v) is 4.65. The van der Waals surface area contributed by atoms with Gasteiger partial charge in [-0.3, -0.25) is 0 Å². The van der Waals surface area contributed by atoms with Crippen molar-refractivity contribution in [3.05, 3.63) is 35.0 Å². The first kappa shape index (κ1) is 18.3. The molecule has 0 spiro atoms. The largest absolute Gasteiger partial charge is 0.465 e. The third kappa shape index (κ3) is 4.20. The minimum Gasteiger partial charge on any atom is -0.465 e. The molecule has 9 heteroatoms. The third-order valence-electron chi connectivity index (χ3n) is 4.32. The summed E-state index contributed by atoms with van der Waals surface area (Å²) in [6, 6.07) is 4.82. The number of hydrogen-bond donors (Lipinski definition) is 1. The van der Waals surface area contributed by atoms with Gasteiger partial charge in [-0.2, -0.15) is 10.1 Å². The van der Waals surface area contributed by atoms with Crippen LogP contribution in [0.1, 0.15) is 17.3 Å². The maximum Gasteiger partial charge on any atom is 0.337 e. The summed E-state index contributed by atoms with van der Waals surface area (Å²) in [6.07, 6.45) is 1.65. The number of nitrogens with zero attached hydrogens (tertiary/aromatic N) is 5. The number of methoxy groups -OCH3 is 1. The number of likely N-dealkylation sites (N-methyl/N-ethyl adjacent to an activating group) is 1. The summed E-state index contributed by atoms with van der Waals surface area (Å²) < 4.78 is 4.73. The van der Waals surface area contributed by atoms with Gasteiger partial charge < -0.3 is 19.9 Å². The molecule has 1 N–H and O–H groups in total. The summed E-state index contributed by atoms with van der Waals surface area (Å²) in [4.78, 5) is 20.8. The average Bonchev–Trinajstić information content (AvgIpc) is 2.69. The summed E-state index contributed by atoms with van der Waals surface area (Å²) in [6.45, 7) is 7.00. The molecular formula is C17H21ClN6O2. The van der Waals surface area contributed by atoms with E-state index >= 15 is 0 Å². The van der Waals surface area contributed by atoms with Gasteiger partial charge in [0.15, 0.2) is 5.82 Å². The lowest BCUT2D eigenvalue weighted by Gasteiger charge is -2.34. The Kier molecular flexibility index (Phi) is 5.85. The molecule has 1 fully saturated rings. The van der Waals surface area contributed by atoms with Crippen LogP contribution in [0.2, 0.25) is 5.02 Å². The number of carbonyl (C=O) groups excluding carboxylic acids is 1. The minimum absolute atomic E-state index is 0.323. The Bertz CT molecular complexity index is 780. The smallest absolute Gasteiger partial charge is 0.337 e. The fourth-order valence-electron chi connectivity index (χ4n) is 2.78. The summed E-state index contributed by atoms with van der Waals surface area (Å²) in [5.74, 6) is 0.647. The summed E-state index contributed by atoms with van der Waals surface area (Å²) in [7, 11) is 1.33. The van der Waals surface area contributed by atoms with Crippen LogP contribution >= 0.6 is 11.6 Å². The number of piperazine rings is 1. The molecule has 1 saturated heterocycles. The number of carbonyl (C=O) groups is 1. The second-order valence-electron chi connectivity index (χ2n) is 5.87. The average molecular weight is 377 g/mol. The van der Waals surface area contributed by atoms with Crippen molar-refractivity contribution in [2.75, 3.05) is 50.1 Å². The van der Waals surface area contributed by atoms with Crippen molar-refractivity contribution in [1.82, 2.24) is 20.1 Å². The van der Waals surface area contributed by atoms with E-state index in [0.29, 0.717) is 22.2 Å². The van der Waals surface area contributed by atoms with Gasteiger partial charge in [-0.15, -0.1) is 5.10 Å². The van der Waals surface area contributed by atoms with E-state index < -0.39 is 5.97 Å². The molecule has 0 radical (unpaired) electrons. The summed E-state index contributed by atoms with van der Waals surface area (Å²) in [5, 5.41) is 11.5. The highest BCUT2D eigenvalue weighted by molar-refractivity contribution is 6.33. The van der Waals surface area contributed by atoms with Gasteiger partial charge in [0, 0.05) is 26.2 Å². The van der Waals surface area contributed by atoms with Crippen molar-refractivity contribution in [3.63, 3.8) is 0 Å². The predicted molar refractivity (Wildman–Crippen MR) is 100 cm³/mol. The molecule has 0 amide bonds. The first-order chi connectivity index (χ1) is 12.6. The van der Waals surface area contributed by atoms with Gasteiger partial charge in [-0.05, 0) is 24.7 Å². The summed E-state index contributed by atoms with van der Waals surface area (Å²) in [5.41, 5.74) is 0.906. The molecule has 8 nitrogen and oxygen atoms in total. The molecule has 2 heterocycles. The zero-order valence-electron chi connectivity index (χ0n) is 14.8. The lowest BCUT2D eigenvalue weighted by atomic mass is 10.2. The number of rotatable bonds is 5. The SMILES string of the molecule is CCN1CCN(c2cnnc(Nc3cc(C(=O)OC)ccc3Cl)n2)CC1. The van der Waals surface area contributed by atoms with Gasteiger partial charge in [-0.25, -0.2) is 4.79 Å². The minimum atomic E-state index is -0.439. The number of esters is 1. The Morgan fingerprint density at radius 2 is 2.08 bits per heavy atom. The van der Waals surface area contributed by atoms with E-state index in [4.69, 9.17) is 16.3 Å². The van der Waals surface area contributed by atoms with E-state index in [1.54, 1.807) is 24.4 Å². The van der Waals surface area contributed by atoms with Crippen molar-refractivity contribution < 1.29 is 9.53 Å². The van der Waals surface area contributed by atoms with Crippen LogP contribution < -0.4 is 10.2 Å². The fraction of sp³-hybridized carbons (Fsp3) is 0.412. The Labute approximate surface area is 157 Å². The normalized spacial score (nSPS) is 15.0. The summed E-state index contributed by atoms with van der Waals surface area (Å²) >= 11 is 6.21. The van der Waals surface area contributed by atoms with Crippen LogP contribution in [0, 0.1) is 0 Å². The lowest BCUT2D eigenvalue weighted by Crippen LogP contribution is -2.46. The number of anilines is 3. The number of nitrogens with one attached hydrogen (secondary N) is 1. The van der Waals surface area contributed by atoms with E-state index in [9.17, 15) is 4.79 Å². The number of aromatic nitrogens is 3. The number of benzene rings is 1. The van der Waals surface area contributed by atoms with Gasteiger partial charge in [0.2, 0.25) is 5.95 Å². The zero-order valence-corrected chi connectivity index (χ0v) is 15.5. The molecule has 1 aliphatic rings. The van der Waals surface area contributed by atoms with Crippen LogP contribution in [0.5, 0.6) is 0 Å². The van der Waals surface area contributed by atoms with Gasteiger partial charge in [0.1, 0.15) is 0 Å². The van der Waals surface area contributed by atoms with Gasteiger partial charge in [-0.1, -0.05) is 18.5 Å². The Balaban J connectivity index is 1.76. The van der Waals surface area contributed by atoms with Crippen molar-refractivity contribution >= 4 is 35.0 Å². The molecule has 1 aromatic carbocycles. The zero-order chi connectivity index (χ0) is 18.5. The number of ether oxygens (including phenoxy) is 1. The molecule has 3 rings (SSSR count). The first-order valence-corrected chi connectivity index (χ1v) is 8.80. The number of hydrogen-bond acceptors (Lipinski definition) is 8. The van der Waals surface area contributed by atoms with Gasteiger partial charge in [0.25, 0.3) is 0 Å². The van der Waals surface area contributed by atoms with E-state index in [0.717, 1.165) is 38.5 Å². The first-order valence-electron chi connectivity index (χ1n) is 8.42. The van der Waals surface area contributed by atoms with E-state index in [1.807, 2.05) is 0 Å². The molecule has 0 saturated carbocycles. The molecule has 1 aliphatic heterocycles. The molecule has 26 heavy (non-hydrogen) atoms. The molecule has 0 unspecified atom stereocenters. The van der Waals surface area contributed by atoms with Crippen LogP contribution in [0.15, 0.2) is 24.4 Å². The predicted octanol–water partition coefficient (Wildman–Crippen LogP) is 2.20. The molecule has 0 aliphatic carbocycles. The van der Waals surface area contributed by atoms with Gasteiger partial charge >= 0.3 is 5.97 Å². The van der Waals surface area contributed by atoms with E-state index in [-0.39, 0.29) is 0 Å². The monoisotopic (exact) mass is 376 g/mol. The van der Waals surface area contributed by atoms with E-state index in [1.165, 1.54) is 7.11 Å². The Morgan fingerprint density at radius 3 is 2.77 bits per heavy atom. The van der Waals surface area contributed by atoms with Crippen LogP contribution in [0.3, 0.4) is 0 Å². The van der Waals surface area contributed by atoms with E-state index in [2.05, 4.69) is 37.2 Å². The highest BCUT2D eigenvalue weighted by atomic mass is 35.5. The number of halogens is 1. The maximum atomic E-state index is 11.7. The van der Waals surface area contributed by atoms with Crippen LogP contribution in [0.4, 0.5) is 17.5 Å². The second kappa shape index (κ2) is 8.29. The molecule has 138 valence electrons. The Morgan fingerprint density at radius 1 is 1.31 bits per heavy atom. The molecule has 2 aromatic rings. The van der Waals surface area contributed by atoms with Crippen LogP contribution in [0.25, 0.3) is 0 Å². The van der Waals surface area contributed by atoms with Crippen LogP contribution in [-0.2, 0) is 4.74 Å². The second-order valence-corrected chi connectivity index (χ2v) is 6.28. The fourth-order valence-corrected chi connectivity index (χ4v) is 2.94. The van der Waals surface area contributed by atoms with Crippen molar-refractivity contribution in [2.45, 2.75) is 6.92 Å². The van der Waals surface area contributed by atoms with Gasteiger partial charge in [0.05, 0.1) is 29.6 Å². The molecular weight excluding hydrogens is 356 g/mol. The molecule has 1 aromatic heterocycles. The highest BCUT2D eigenvalue weighted by Gasteiger charge is 2.18. The lowest BCUT2D eigenvalue weighted by molar-refractivity contribution is 0.0601. The van der Waals surface area contributed by atoms with Crippen molar-refractivity contribution in [3.8, 4) is 0 Å². The van der Waals surface area contributed by atoms with Crippen LogP contribution in [-0.4, -0.2) is 65.9 Å². The molecule has 0 atom stereocenters. The molecule has 0 bridgehead atoms. The van der Waals surface area contributed by atoms with Crippen molar-refractivity contribution in [2.24, 2.45) is 0 Å². The highest BCUT2D eigenvalue weighted by Crippen LogP contribution is 2.26. The van der Waals surface area contributed by atoms with Crippen molar-refractivity contribution in [1.29, 1.82) is 0 Å². The Hall–Kier alpha value is -2.45. The topological polar surface area (TPSA) is 83.5 Å².